The number of hydrogen-bond acceptors (Lipinski definition) is 3. The lowest BCUT2D eigenvalue weighted by Gasteiger charge is -2.34. The van der Waals surface area contributed by atoms with Gasteiger partial charge < -0.3 is 15.7 Å². The first-order valence-corrected chi connectivity index (χ1v) is 8.18. The summed E-state index contributed by atoms with van der Waals surface area (Å²) in [5.74, 6) is -1.51. The van der Waals surface area contributed by atoms with E-state index in [9.17, 15) is 14.4 Å². The Morgan fingerprint density at radius 3 is 2.46 bits per heavy atom. The smallest absolute Gasteiger partial charge is 0.322 e. The first kappa shape index (κ1) is 18.0. The number of hydrogen-bond donors (Lipinski definition) is 3. The molecule has 0 aliphatic heterocycles. The number of benzene rings is 1. The minimum atomic E-state index is -1.09. The van der Waals surface area contributed by atoms with Crippen LogP contribution in [0.1, 0.15) is 49.9 Å². The van der Waals surface area contributed by atoms with Crippen LogP contribution in [0, 0.1) is 11.3 Å². The Hall–Kier alpha value is -2.37. The third-order valence-electron chi connectivity index (χ3n) is 4.39. The number of anilines is 1. The highest BCUT2D eigenvalue weighted by molar-refractivity contribution is 5.97. The lowest BCUT2D eigenvalue weighted by atomic mass is 9.72. The highest BCUT2D eigenvalue weighted by Crippen LogP contribution is 2.38. The average molecular weight is 332 g/mol. The van der Waals surface area contributed by atoms with Crippen LogP contribution in [0.4, 0.5) is 5.69 Å². The summed E-state index contributed by atoms with van der Waals surface area (Å²) in [4.78, 5) is 34.6. The maximum Gasteiger partial charge on any atom is 0.322 e. The normalized spacial score (nSPS) is 19.3. The van der Waals surface area contributed by atoms with Crippen LogP contribution in [-0.2, 0) is 9.59 Å². The number of carbonyl (C=O) groups excluding carboxylic acids is 2. The Labute approximate surface area is 141 Å². The summed E-state index contributed by atoms with van der Waals surface area (Å²) >= 11 is 0. The number of amides is 2. The van der Waals surface area contributed by atoms with Crippen LogP contribution < -0.4 is 10.6 Å². The van der Waals surface area contributed by atoms with Crippen molar-refractivity contribution in [3.05, 3.63) is 29.8 Å². The summed E-state index contributed by atoms with van der Waals surface area (Å²) in [5.41, 5.74) is 1.19. The van der Waals surface area contributed by atoms with Crippen molar-refractivity contribution < 1.29 is 19.5 Å². The van der Waals surface area contributed by atoms with E-state index < -0.39 is 18.4 Å². The van der Waals surface area contributed by atoms with Crippen LogP contribution in [0.3, 0.4) is 0 Å². The minimum Gasteiger partial charge on any atom is -0.480 e. The molecule has 0 bridgehead atoms. The molecule has 2 rings (SSSR count). The zero-order chi connectivity index (χ0) is 17.7. The molecule has 1 aliphatic carbocycles. The van der Waals surface area contributed by atoms with Gasteiger partial charge in [0, 0.05) is 17.2 Å². The van der Waals surface area contributed by atoms with Gasteiger partial charge in [-0.1, -0.05) is 20.3 Å². The lowest BCUT2D eigenvalue weighted by Crippen LogP contribution is -2.31. The van der Waals surface area contributed by atoms with Gasteiger partial charge in [0.05, 0.1) is 0 Å². The molecular formula is C18H24N2O4. The predicted octanol–water partition coefficient (Wildman–Crippen LogP) is 2.66. The Bertz CT molecular complexity index is 622. The maximum atomic E-state index is 12.4. The van der Waals surface area contributed by atoms with Crippen molar-refractivity contribution in [2.45, 2.75) is 39.5 Å². The van der Waals surface area contributed by atoms with Gasteiger partial charge in [0.1, 0.15) is 6.54 Å². The number of carbonyl (C=O) groups is 3. The van der Waals surface area contributed by atoms with Gasteiger partial charge in [-0.15, -0.1) is 0 Å². The zero-order valence-corrected chi connectivity index (χ0v) is 14.1. The van der Waals surface area contributed by atoms with E-state index in [0.29, 0.717) is 11.3 Å². The van der Waals surface area contributed by atoms with E-state index in [1.807, 2.05) is 0 Å². The van der Waals surface area contributed by atoms with E-state index >= 15 is 0 Å². The largest absolute Gasteiger partial charge is 0.480 e. The predicted molar refractivity (Wildman–Crippen MR) is 90.8 cm³/mol. The molecule has 0 saturated heterocycles. The van der Waals surface area contributed by atoms with Crippen LogP contribution in [0.5, 0.6) is 0 Å². The maximum absolute atomic E-state index is 12.4. The van der Waals surface area contributed by atoms with Crippen molar-refractivity contribution in [3.63, 3.8) is 0 Å². The summed E-state index contributed by atoms with van der Waals surface area (Å²) in [5, 5.41) is 13.7. The summed E-state index contributed by atoms with van der Waals surface area (Å²) in [6.07, 6.45) is 4.00. The van der Waals surface area contributed by atoms with E-state index in [1.54, 1.807) is 24.3 Å². The summed E-state index contributed by atoms with van der Waals surface area (Å²) < 4.78 is 0. The molecule has 2 amide bonds. The molecule has 1 aromatic carbocycles. The standard InChI is InChI=1S/C18H24N2O4/c1-18(2)9-3-4-13(10-18)17(24)20-14-7-5-12(6-8-14)16(23)19-11-15(21)22/h5-8,13H,3-4,9-11H2,1-2H3,(H,19,23)(H,20,24)(H,21,22). The highest BCUT2D eigenvalue weighted by atomic mass is 16.4. The van der Waals surface area contributed by atoms with Crippen LogP contribution in [0.2, 0.25) is 0 Å². The van der Waals surface area contributed by atoms with Crippen molar-refractivity contribution in [2.24, 2.45) is 11.3 Å². The molecule has 0 radical (unpaired) electrons. The highest BCUT2D eigenvalue weighted by Gasteiger charge is 2.31. The Morgan fingerprint density at radius 2 is 1.88 bits per heavy atom. The second-order valence-corrected chi connectivity index (χ2v) is 7.10. The fraction of sp³-hybridized carbons (Fsp3) is 0.500. The molecule has 1 aliphatic rings. The summed E-state index contributed by atoms with van der Waals surface area (Å²) in [6.45, 7) is 3.96. The van der Waals surface area contributed by atoms with Gasteiger partial charge in [-0.25, -0.2) is 0 Å². The molecular weight excluding hydrogens is 308 g/mol. The first-order valence-electron chi connectivity index (χ1n) is 8.18. The second-order valence-electron chi connectivity index (χ2n) is 7.10. The summed E-state index contributed by atoms with van der Waals surface area (Å²) in [6, 6.07) is 6.44. The quantitative estimate of drug-likeness (QED) is 0.772. The van der Waals surface area contributed by atoms with Crippen molar-refractivity contribution in [1.82, 2.24) is 5.32 Å². The third kappa shape index (κ3) is 5.08. The third-order valence-corrected chi connectivity index (χ3v) is 4.39. The molecule has 0 spiro atoms. The van der Waals surface area contributed by atoms with Gasteiger partial charge in [0.25, 0.3) is 5.91 Å². The van der Waals surface area contributed by atoms with E-state index in [2.05, 4.69) is 24.5 Å². The second kappa shape index (κ2) is 7.47. The monoisotopic (exact) mass is 332 g/mol. The van der Waals surface area contributed by atoms with Gasteiger partial charge in [-0.05, 0) is 48.9 Å². The molecule has 6 heteroatoms. The van der Waals surface area contributed by atoms with E-state index in [4.69, 9.17) is 5.11 Å². The Kier molecular flexibility index (Phi) is 5.59. The van der Waals surface area contributed by atoms with Crippen LogP contribution in [-0.4, -0.2) is 29.4 Å². The fourth-order valence-corrected chi connectivity index (χ4v) is 3.13. The van der Waals surface area contributed by atoms with Gasteiger partial charge in [-0.3, -0.25) is 14.4 Å². The van der Waals surface area contributed by atoms with Crippen LogP contribution in [0.25, 0.3) is 0 Å². The number of carboxylic acid groups (broad SMARTS) is 1. The fourth-order valence-electron chi connectivity index (χ4n) is 3.13. The van der Waals surface area contributed by atoms with Crippen LogP contribution >= 0.6 is 0 Å². The number of rotatable bonds is 5. The van der Waals surface area contributed by atoms with Crippen LogP contribution in [0.15, 0.2) is 24.3 Å². The topological polar surface area (TPSA) is 95.5 Å². The molecule has 24 heavy (non-hydrogen) atoms. The Morgan fingerprint density at radius 1 is 1.21 bits per heavy atom. The van der Waals surface area contributed by atoms with Gasteiger partial charge in [-0.2, -0.15) is 0 Å². The zero-order valence-electron chi connectivity index (χ0n) is 14.1. The molecule has 1 aromatic rings. The van der Waals surface area contributed by atoms with E-state index in [-0.39, 0.29) is 17.2 Å². The molecule has 130 valence electrons. The molecule has 1 atom stereocenters. The van der Waals surface area contributed by atoms with Crippen molar-refractivity contribution in [2.75, 3.05) is 11.9 Å². The summed E-state index contributed by atoms with van der Waals surface area (Å²) in [7, 11) is 0. The van der Waals surface area contributed by atoms with Crippen molar-refractivity contribution in [1.29, 1.82) is 0 Å². The first-order chi connectivity index (χ1) is 11.3. The molecule has 1 fully saturated rings. The molecule has 6 nitrogen and oxygen atoms in total. The van der Waals surface area contributed by atoms with E-state index in [1.165, 1.54) is 0 Å². The SMILES string of the molecule is CC1(C)CCCC(C(=O)Nc2ccc(C(=O)NCC(=O)O)cc2)C1. The van der Waals surface area contributed by atoms with E-state index in [0.717, 1.165) is 25.7 Å². The van der Waals surface area contributed by atoms with Gasteiger partial charge >= 0.3 is 5.97 Å². The minimum absolute atomic E-state index is 0.0193. The number of carboxylic acids is 1. The van der Waals surface area contributed by atoms with Gasteiger partial charge in [0.15, 0.2) is 0 Å². The molecule has 1 saturated carbocycles. The van der Waals surface area contributed by atoms with Gasteiger partial charge in [0.2, 0.25) is 5.91 Å². The average Bonchev–Trinajstić information content (AvgIpc) is 2.52. The number of aliphatic carboxylic acids is 1. The number of nitrogens with one attached hydrogen (secondary N) is 2. The van der Waals surface area contributed by atoms with Crippen molar-refractivity contribution >= 4 is 23.5 Å². The van der Waals surface area contributed by atoms with Crippen molar-refractivity contribution in [3.8, 4) is 0 Å². The molecule has 3 N–H and O–H groups in total. The lowest BCUT2D eigenvalue weighted by molar-refractivity contribution is -0.135. The Balaban J connectivity index is 1.92. The molecule has 1 unspecified atom stereocenters. The molecule has 0 heterocycles. The molecule has 0 aromatic heterocycles.